The molecule has 0 fully saturated rings. The average molecular weight is 273 g/mol. The molecule has 0 radical (unpaired) electrons. The van der Waals surface area contributed by atoms with Crippen LogP contribution in [0.25, 0.3) is 27.6 Å². The first kappa shape index (κ1) is 13.6. The van der Waals surface area contributed by atoms with E-state index in [4.69, 9.17) is 0 Å². The number of hydrogen-bond acceptors (Lipinski definition) is 1. The molecule has 3 aromatic rings. The maximum Gasteiger partial charge on any atom is 0.0780 e. The molecule has 0 N–H and O–H groups in total. The van der Waals surface area contributed by atoms with Crippen LogP contribution < -0.4 is 0 Å². The monoisotopic (exact) mass is 273 g/mol. The van der Waals surface area contributed by atoms with E-state index in [2.05, 4.69) is 67.9 Å². The SMILES string of the molecule is C=C(C)c1ccc2c(-c3cc(C)cc(C)c3)nccc2c1. The van der Waals surface area contributed by atoms with Crippen molar-refractivity contribution in [3.8, 4) is 11.3 Å². The molecular weight excluding hydrogens is 254 g/mol. The first-order valence-electron chi connectivity index (χ1n) is 7.18. The Morgan fingerprint density at radius 3 is 2.33 bits per heavy atom. The lowest BCUT2D eigenvalue weighted by Gasteiger charge is -2.09. The molecule has 0 saturated carbocycles. The molecule has 2 aromatic carbocycles. The van der Waals surface area contributed by atoms with Crippen molar-refractivity contribution in [2.24, 2.45) is 0 Å². The predicted molar refractivity (Wildman–Crippen MR) is 91.4 cm³/mol. The molecule has 1 aromatic heterocycles. The quantitative estimate of drug-likeness (QED) is 0.596. The fourth-order valence-corrected chi connectivity index (χ4v) is 2.78. The highest BCUT2D eigenvalue weighted by Gasteiger charge is 2.07. The molecule has 0 unspecified atom stereocenters. The van der Waals surface area contributed by atoms with Gasteiger partial charge in [-0.2, -0.15) is 0 Å². The molecule has 104 valence electrons. The summed E-state index contributed by atoms with van der Waals surface area (Å²) >= 11 is 0. The van der Waals surface area contributed by atoms with Crippen molar-refractivity contribution in [1.82, 2.24) is 4.98 Å². The number of allylic oxidation sites excluding steroid dienone is 1. The van der Waals surface area contributed by atoms with Crippen molar-refractivity contribution >= 4 is 16.3 Å². The minimum atomic E-state index is 1.05. The van der Waals surface area contributed by atoms with Gasteiger partial charge < -0.3 is 0 Å². The zero-order chi connectivity index (χ0) is 15.0. The summed E-state index contributed by atoms with van der Waals surface area (Å²) in [5, 5.41) is 2.40. The zero-order valence-electron chi connectivity index (χ0n) is 12.8. The van der Waals surface area contributed by atoms with Crippen molar-refractivity contribution in [1.29, 1.82) is 0 Å². The van der Waals surface area contributed by atoms with Gasteiger partial charge >= 0.3 is 0 Å². The van der Waals surface area contributed by atoms with E-state index >= 15 is 0 Å². The Morgan fingerprint density at radius 2 is 1.67 bits per heavy atom. The Bertz CT molecular complexity index is 823. The lowest BCUT2D eigenvalue weighted by atomic mass is 9.98. The van der Waals surface area contributed by atoms with Crippen molar-refractivity contribution in [2.45, 2.75) is 20.8 Å². The molecule has 0 aliphatic heterocycles. The van der Waals surface area contributed by atoms with Gasteiger partial charge in [0.2, 0.25) is 0 Å². The second-order valence-corrected chi connectivity index (χ2v) is 5.75. The lowest BCUT2D eigenvalue weighted by Crippen LogP contribution is -1.89. The Kier molecular flexibility index (Phi) is 3.34. The molecule has 0 saturated heterocycles. The summed E-state index contributed by atoms with van der Waals surface area (Å²) in [6.45, 7) is 10.3. The van der Waals surface area contributed by atoms with Gasteiger partial charge in [-0.25, -0.2) is 0 Å². The number of aromatic nitrogens is 1. The Hall–Kier alpha value is -2.41. The predicted octanol–water partition coefficient (Wildman–Crippen LogP) is 5.55. The highest BCUT2D eigenvalue weighted by molar-refractivity contribution is 5.96. The lowest BCUT2D eigenvalue weighted by molar-refractivity contribution is 1.32. The number of aryl methyl sites for hydroxylation is 2. The van der Waals surface area contributed by atoms with Crippen LogP contribution in [0.3, 0.4) is 0 Å². The van der Waals surface area contributed by atoms with E-state index in [1.54, 1.807) is 0 Å². The summed E-state index contributed by atoms with van der Waals surface area (Å²) in [6, 6.07) is 15.1. The Morgan fingerprint density at radius 1 is 0.952 bits per heavy atom. The number of nitrogens with zero attached hydrogens (tertiary/aromatic N) is 1. The van der Waals surface area contributed by atoms with Gasteiger partial charge in [0, 0.05) is 17.1 Å². The van der Waals surface area contributed by atoms with Gasteiger partial charge in [-0.1, -0.05) is 41.5 Å². The highest BCUT2D eigenvalue weighted by Crippen LogP contribution is 2.29. The standard InChI is InChI=1S/C20H19N/c1-13(2)16-5-6-19-17(12-16)7-8-21-20(19)18-10-14(3)9-15(4)11-18/h5-12H,1H2,2-4H3. The van der Waals surface area contributed by atoms with E-state index in [0.717, 1.165) is 11.3 Å². The van der Waals surface area contributed by atoms with E-state index in [9.17, 15) is 0 Å². The highest BCUT2D eigenvalue weighted by atomic mass is 14.7. The Labute approximate surface area is 126 Å². The molecule has 21 heavy (non-hydrogen) atoms. The van der Waals surface area contributed by atoms with Crippen LogP contribution in [0.15, 0.2) is 55.2 Å². The van der Waals surface area contributed by atoms with Crippen LogP contribution in [0.2, 0.25) is 0 Å². The largest absolute Gasteiger partial charge is 0.256 e. The number of benzene rings is 2. The molecular formula is C20H19N. The van der Waals surface area contributed by atoms with Gasteiger partial charge in [0.05, 0.1) is 5.69 Å². The topological polar surface area (TPSA) is 12.9 Å². The second-order valence-electron chi connectivity index (χ2n) is 5.75. The third-order valence-electron chi connectivity index (χ3n) is 3.75. The van der Waals surface area contributed by atoms with Crippen molar-refractivity contribution in [3.05, 3.63) is 71.9 Å². The fraction of sp³-hybridized carbons (Fsp3) is 0.150. The van der Waals surface area contributed by atoms with E-state index in [1.807, 2.05) is 13.1 Å². The molecule has 0 aliphatic carbocycles. The minimum absolute atomic E-state index is 1.05. The van der Waals surface area contributed by atoms with E-state index in [1.165, 1.54) is 33.0 Å². The van der Waals surface area contributed by atoms with Gasteiger partial charge in [0.1, 0.15) is 0 Å². The fourth-order valence-electron chi connectivity index (χ4n) is 2.78. The van der Waals surface area contributed by atoms with Gasteiger partial charge in [-0.05, 0) is 56.0 Å². The molecule has 1 nitrogen and oxygen atoms in total. The molecule has 3 rings (SSSR count). The van der Waals surface area contributed by atoms with Gasteiger partial charge in [-0.15, -0.1) is 0 Å². The minimum Gasteiger partial charge on any atom is -0.256 e. The summed E-state index contributed by atoms with van der Waals surface area (Å²) in [5.74, 6) is 0. The third-order valence-corrected chi connectivity index (χ3v) is 3.75. The smallest absolute Gasteiger partial charge is 0.0780 e. The molecule has 1 heterocycles. The van der Waals surface area contributed by atoms with Crippen LogP contribution in [0, 0.1) is 13.8 Å². The normalized spacial score (nSPS) is 10.8. The van der Waals surface area contributed by atoms with Crippen LogP contribution in [-0.2, 0) is 0 Å². The van der Waals surface area contributed by atoms with Crippen LogP contribution in [0.1, 0.15) is 23.6 Å². The summed E-state index contributed by atoms with van der Waals surface area (Å²) in [5.41, 5.74) is 7.03. The molecule has 1 heteroatoms. The van der Waals surface area contributed by atoms with Crippen LogP contribution in [0.4, 0.5) is 0 Å². The number of rotatable bonds is 2. The summed E-state index contributed by atoms with van der Waals surface area (Å²) in [7, 11) is 0. The van der Waals surface area contributed by atoms with Crippen LogP contribution in [-0.4, -0.2) is 4.98 Å². The zero-order valence-corrected chi connectivity index (χ0v) is 12.8. The summed E-state index contributed by atoms with van der Waals surface area (Å²) in [6.07, 6.45) is 1.89. The van der Waals surface area contributed by atoms with E-state index < -0.39 is 0 Å². The molecule has 0 spiro atoms. The van der Waals surface area contributed by atoms with Gasteiger partial charge in [0.25, 0.3) is 0 Å². The number of hydrogen-bond donors (Lipinski definition) is 0. The molecule has 0 amide bonds. The van der Waals surface area contributed by atoms with Gasteiger partial charge in [0.15, 0.2) is 0 Å². The second kappa shape index (κ2) is 5.17. The van der Waals surface area contributed by atoms with Crippen molar-refractivity contribution in [3.63, 3.8) is 0 Å². The van der Waals surface area contributed by atoms with E-state index in [-0.39, 0.29) is 0 Å². The molecule has 0 atom stereocenters. The van der Waals surface area contributed by atoms with Crippen LogP contribution >= 0.6 is 0 Å². The maximum absolute atomic E-state index is 4.61. The van der Waals surface area contributed by atoms with Crippen molar-refractivity contribution in [2.75, 3.05) is 0 Å². The summed E-state index contributed by atoms with van der Waals surface area (Å²) in [4.78, 5) is 4.61. The first-order chi connectivity index (χ1) is 10.0. The maximum atomic E-state index is 4.61. The van der Waals surface area contributed by atoms with Crippen molar-refractivity contribution < 1.29 is 0 Å². The average Bonchev–Trinajstić information content (AvgIpc) is 2.45. The first-order valence-corrected chi connectivity index (χ1v) is 7.18. The molecule has 0 aliphatic rings. The Balaban J connectivity index is 2.25. The number of fused-ring (bicyclic) bond motifs is 1. The number of pyridine rings is 1. The summed E-state index contributed by atoms with van der Waals surface area (Å²) < 4.78 is 0. The molecule has 0 bridgehead atoms. The van der Waals surface area contributed by atoms with E-state index in [0.29, 0.717) is 0 Å². The third kappa shape index (κ3) is 2.59. The van der Waals surface area contributed by atoms with Crippen LogP contribution in [0.5, 0.6) is 0 Å². The van der Waals surface area contributed by atoms with Gasteiger partial charge in [-0.3, -0.25) is 4.98 Å².